The van der Waals surface area contributed by atoms with E-state index in [4.69, 9.17) is 14.3 Å². The summed E-state index contributed by atoms with van der Waals surface area (Å²) in [5.41, 5.74) is -0.604. The van der Waals surface area contributed by atoms with Crippen molar-refractivity contribution >= 4 is 22.0 Å². The van der Waals surface area contributed by atoms with Crippen LogP contribution in [0.4, 0.5) is 4.79 Å². The molecule has 2 amide bonds. The van der Waals surface area contributed by atoms with Crippen molar-refractivity contribution in [3.8, 4) is 0 Å². The Bertz CT molecular complexity index is 674. The molecular formula is C13H21N3O6S. The summed E-state index contributed by atoms with van der Waals surface area (Å²) < 4.78 is 32.1. The van der Waals surface area contributed by atoms with E-state index in [1.807, 2.05) is 0 Å². The Labute approximate surface area is 134 Å². The highest BCUT2D eigenvalue weighted by Crippen LogP contribution is 2.12. The Morgan fingerprint density at radius 1 is 1.35 bits per heavy atom. The summed E-state index contributed by atoms with van der Waals surface area (Å²) in [4.78, 5) is 24.8. The van der Waals surface area contributed by atoms with Gasteiger partial charge in [-0.2, -0.15) is 0 Å². The molecule has 0 spiro atoms. The number of furan rings is 1. The first-order valence-corrected chi connectivity index (χ1v) is 8.30. The number of nitrogens with one attached hydrogen (secondary N) is 1. The average molecular weight is 347 g/mol. The lowest BCUT2D eigenvalue weighted by Gasteiger charge is -2.24. The number of nitrogens with two attached hydrogens (primary N) is 1. The van der Waals surface area contributed by atoms with E-state index in [2.05, 4.69) is 5.32 Å². The molecule has 1 aromatic rings. The van der Waals surface area contributed by atoms with Crippen molar-refractivity contribution in [2.24, 2.45) is 5.14 Å². The molecular weight excluding hydrogens is 326 g/mol. The van der Waals surface area contributed by atoms with E-state index in [0.717, 1.165) is 6.07 Å². The highest BCUT2D eigenvalue weighted by atomic mass is 32.2. The Kier molecular flexibility index (Phi) is 5.78. The average Bonchev–Trinajstić information content (AvgIpc) is 2.85. The lowest BCUT2D eigenvalue weighted by atomic mass is 10.2. The Morgan fingerprint density at radius 3 is 2.43 bits per heavy atom. The van der Waals surface area contributed by atoms with Crippen molar-refractivity contribution in [2.45, 2.75) is 31.5 Å². The van der Waals surface area contributed by atoms with Crippen LogP contribution < -0.4 is 10.5 Å². The summed E-state index contributed by atoms with van der Waals surface area (Å²) in [5.74, 6) is -0.800. The minimum Gasteiger partial charge on any atom is -0.444 e. The van der Waals surface area contributed by atoms with Crippen LogP contribution in [0.3, 0.4) is 0 Å². The fourth-order valence-corrected chi connectivity index (χ4v) is 1.91. The Hall–Kier alpha value is -2.07. The van der Waals surface area contributed by atoms with E-state index in [-0.39, 0.29) is 18.8 Å². The van der Waals surface area contributed by atoms with Crippen molar-refractivity contribution in [2.75, 3.05) is 20.1 Å². The van der Waals surface area contributed by atoms with Crippen LogP contribution in [0.25, 0.3) is 0 Å². The largest absolute Gasteiger partial charge is 0.444 e. The molecule has 0 aliphatic rings. The van der Waals surface area contributed by atoms with Crippen molar-refractivity contribution in [3.05, 3.63) is 17.9 Å². The third-order valence-electron chi connectivity index (χ3n) is 2.52. The summed E-state index contributed by atoms with van der Waals surface area (Å²) in [6.07, 6.45) is -0.513. The molecule has 9 nitrogen and oxygen atoms in total. The van der Waals surface area contributed by atoms with Crippen LogP contribution in [0.2, 0.25) is 0 Å². The number of nitrogens with zero attached hydrogens (tertiary/aromatic N) is 1. The van der Waals surface area contributed by atoms with Crippen LogP contribution in [0, 0.1) is 0 Å². The third-order valence-corrected chi connectivity index (χ3v) is 3.30. The Morgan fingerprint density at radius 2 is 1.96 bits per heavy atom. The van der Waals surface area contributed by atoms with E-state index in [1.165, 1.54) is 18.0 Å². The summed E-state index contributed by atoms with van der Waals surface area (Å²) in [6, 6.07) is 2.30. The fraction of sp³-hybridized carbons (Fsp3) is 0.538. The number of carbonyl (C=O) groups is 2. The SMILES string of the molecule is CN(CCNC(=O)c1ccc(S(N)(=O)=O)o1)C(=O)OC(C)(C)C. The van der Waals surface area contributed by atoms with Gasteiger partial charge >= 0.3 is 6.09 Å². The van der Waals surface area contributed by atoms with Gasteiger partial charge in [-0.25, -0.2) is 18.4 Å². The molecule has 0 aromatic carbocycles. The maximum atomic E-state index is 11.8. The molecule has 23 heavy (non-hydrogen) atoms. The lowest BCUT2D eigenvalue weighted by molar-refractivity contribution is 0.0299. The molecule has 0 aliphatic carbocycles. The molecule has 10 heteroatoms. The van der Waals surface area contributed by atoms with Crippen LogP contribution in [0.5, 0.6) is 0 Å². The molecule has 0 saturated carbocycles. The molecule has 0 atom stereocenters. The van der Waals surface area contributed by atoms with Gasteiger partial charge in [0, 0.05) is 20.1 Å². The number of rotatable bonds is 5. The summed E-state index contributed by atoms with van der Waals surface area (Å²) in [6.45, 7) is 5.60. The minimum absolute atomic E-state index is 0.139. The molecule has 0 bridgehead atoms. The van der Waals surface area contributed by atoms with E-state index < -0.39 is 32.7 Å². The number of primary sulfonamides is 1. The van der Waals surface area contributed by atoms with Gasteiger partial charge in [0.1, 0.15) is 5.60 Å². The van der Waals surface area contributed by atoms with Gasteiger partial charge in [-0.05, 0) is 32.9 Å². The van der Waals surface area contributed by atoms with Crippen molar-refractivity contribution < 1.29 is 27.2 Å². The lowest BCUT2D eigenvalue weighted by Crippen LogP contribution is -2.39. The number of hydrogen-bond acceptors (Lipinski definition) is 6. The minimum atomic E-state index is -3.99. The molecule has 0 radical (unpaired) electrons. The maximum Gasteiger partial charge on any atom is 0.410 e. The number of ether oxygens (including phenoxy) is 1. The van der Waals surface area contributed by atoms with Crippen LogP contribution in [-0.2, 0) is 14.8 Å². The fourth-order valence-electron chi connectivity index (χ4n) is 1.45. The number of sulfonamides is 1. The molecule has 1 heterocycles. The quantitative estimate of drug-likeness (QED) is 0.798. The molecule has 0 fully saturated rings. The molecule has 130 valence electrons. The zero-order valence-electron chi connectivity index (χ0n) is 13.5. The maximum absolute atomic E-state index is 11.8. The van der Waals surface area contributed by atoms with Gasteiger partial charge in [0.25, 0.3) is 15.9 Å². The van der Waals surface area contributed by atoms with Crippen LogP contribution in [0.1, 0.15) is 31.3 Å². The van der Waals surface area contributed by atoms with E-state index >= 15 is 0 Å². The number of carbonyl (C=O) groups excluding carboxylic acids is 2. The van der Waals surface area contributed by atoms with Crippen molar-refractivity contribution in [1.29, 1.82) is 0 Å². The topological polar surface area (TPSA) is 132 Å². The standard InChI is InChI=1S/C13H21N3O6S/c1-13(2,3)22-12(18)16(4)8-7-15-11(17)9-5-6-10(21-9)23(14,19)20/h5-6H,7-8H2,1-4H3,(H,15,17)(H2,14,19,20). The predicted octanol–water partition coefficient (Wildman–Crippen LogP) is 0.524. The first-order chi connectivity index (χ1) is 10.4. The highest BCUT2D eigenvalue weighted by Gasteiger charge is 2.20. The van der Waals surface area contributed by atoms with Crippen LogP contribution in [0.15, 0.2) is 21.6 Å². The first kappa shape index (κ1) is 19.0. The highest BCUT2D eigenvalue weighted by molar-refractivity contribution is 7.89. The van der Waals surface area contributed by atoms with E-state index in [1.54, 1.807) is 20.8 Å². The first-order valence-electron chi connectivity index (χ1n) is 6.75. The van der Waals surface area contributed by atoms with Gasteiger partial charge in [0.15, 0.2) is 5.76 Å². The van der Waals surface area contributed by atoms with Crippen LogP contribution >= 0.6 is 0 Å². The Balaban J connectivity index is 2.48. The zero-order valence-corrected chi connectivity index (χ0v) is 14.3. The second kappa shape index (κ2) is 7.01. The van der Waals surface area contributed by atoms with E-state index in [0.29, 0.717) is 0 Å². The van der Waals surface area contributed by atoms with Gasteiger partial charge in [0.2, 0.25) is 5.09 Å². The molecule has 3 N–H and O–H groups in total. The second-order valence-electron chi connectivity index (χ2n) is 5.82. The van der Waals surface area contributed by atoms with Gasteiger partial charge in [-0.15, -0.1) is 0 Å². The molecule has 0 unspecified atom stereocenters. The summed E-state index contributed by atoms with van der Waals surface area (Å²) >= 11 is 0. The monoisotopic (exact) mass is 347 g/mol. The molecule has 1 rings (SSSR count). The van der Waals surface area contributed by atoms with Crippen molar-refractivity contribution in [1.82, 2.24) is 10.2 Å². The zero-order chi connectivity index (χ0) is 17.8. The van der Waals surface area contributed by atoms with Crippen LogP contribution in [-0.4, -0.2) is 51.1 Å². The van der Waals surface area contributed by atoms with Gasteiger partial charge in [-0.3, -0.25) is 4.79 Å². The van der Waals surface area contributed by atoms with Gasteiger partial charge < -0.3 is 19.4 Å². The summed E-state index contributed by atoms with van der Waals surface area (Å²) in [7, 11) is -2.46. The molecule has 1 aromatic heterocycles. The number of amides is 2. The molecule has 0 aliphatic heterocycles. The number of hydrogen-bond donors (Lipinski definition) is 2. The van der Waals surface area contributed by atoms with Gasteiger partial charge in [-0.1, -0.05) is 0 Å². The van der Waals surface area contributed by atoms with E-state index in [9.17, 15) is 18.0 Å². The summed E-state index contributed by atoms with van der Waals surface area (Å²) in [5, 5.41) is 6.88. The second-order valence-corrected chi connectivity index (χ2v) is 7.31. The number of likely N-dealkylation sites (N-methyl/N-ethyl adjacent to an activating group) is 1. The van der Waals surface area contributed by atoms with Gasteiger partial charge in [0.05, 0.1) is 0 Å². The third kappa shape index (κ3) is 6.28. The smallest absolute Gasteiger partial charge is 0.410 e. The molecule has 0 saturated heterocycles. The normalized spacial score (nSPS) is 11.9. The predicted molar refractivity (Wildman–Crippen MR) is 81.3 cm³/mol. The van der Waals surface area contributed by atoms with Crippen molar-refractivity contribution in [3.63, 3.8) is 0 Å².